The van der Waals surface area contributed by atoms with E-state index in [0.29, 0.717) is 12.0 Å². The highest BCUT2D eigenvalue weighted by atomic mass is 16.5. The maximum absolute atomic E-state index is 6.24. The minimum atomic E-state index is 0.521. The van der Waals surface area contributed by atoms with Crippen LogP contribution in [-0.2, 0) is 11.3 Å². The molecule has 0 radical (unpaired) electrons. The van der Waals surface area contributed by atoms with Gasteiger partial charge in [-0.05, 0) is 68.9 Å². The minimum absolute atomic E-state index is 0.521. The van der Waals surface area contributed by atoms with Crippen LogP contribution in [0.2, 0.25) is 0 Å². The first-order chi connectivity index (χ1) is 13.2. The number of rotatable bonds is 7. The maximum atomic E-state index is 6.24. The average molecular weight is 368 g/mol. The highest BCUT2D eigenvalue weighted by Crippen LogP contribution is 2.38. The second kappa shape index (κ2) is 7.21. The molecule has 4 nitrogen and oxygen atoms in total. The van der Waals surface area contributed by atoms with Crippen LogP contribution < -0.4 is 0 Å². The van der Waals surface area contributed by atoms with Crippen LogP contribution in [0.4, 0.5) is 0 Å². The van der Waals surface area contributed by atoms with Gasteiger partial charge in [0.25, 0.3) is 0 Å². The first-order valence-corrected chi connectivity index (χ1v) is 10.9. The van der Waals surface area contributed by atoms with Gasteiger partial charge in [-0.1, -0.05) is 19.1 Å². The van der Waals surface area contributed by atoms with Crippen molar-refractivity contribution in [3.8, 4) is 0 Å². The van der Waals surface area contributed by atoms with E-state index in [1.54, 1.807) is 0 Å². The summed E-state index contributed by atoms with van der Waals surface area (Å²) in [6.07, 6.45) is 10.5. The molecule has 2 saturated heterocycles. The van der Waals surface area contributed by atoms with E-state index in [1.165, 1.54) is 61.5 Å². The number of hydrogen-bond acceptors (Lipinski definition) is 3. The molecular weight excluding hydrogens is 334 g/mol. The Bertz CT molecular complexity index is 782. The van der Waals surface area contributed by atoms with Gasteiger partial charge < -0.3 is 4.74 Å². The van der Waals surface area contributed by atoms with Crippen LogP contribution in [0.5, 0.6) is 0 Å². The molecule has 3 fully saturated rings. The van der Waals surface area contributed by atoms with E-state index < -0.39 is 0 Å². The maximum Gasteiger partial charge on any atom is 0.0685 e. The van der Waals surface area contributed by atoms with Crippen molar-refractivity contribution in [1.29, 1.82) is 0 Å². The van der Waals surface area contributed by atoms with E-state index in [-0.39, 0.29) is 0 Å². The van der Waals surface area contributed by atoms with Gasteiger partial charge in [-0.15, -0.1) is 0 Å². The molecule has 2 aliphatic heterocycles. The lowest BCUT2D eigenvalue weighted by molar-refractivity contribution is -0.0276. The second-order valence-corrected chi connectivity index (χ2v) is 9.45. The molecule has 27 heavy (non-hydrogen) atoms. The SMILES string of the molecule is Cc1ccc2cnn(CC(C)CN3C4CC[C@@H]3CC(OCC3CC3)C4)c2c1. The molecule has 1 saturated carbocycles. The van der Waals surface area contributed by atoms with E-state index in [9.17, 15) is 0 Å². The largest absolute Gasteiger partial charge is 0.378 e. The summed E-state index contributed by atoms with van der Waals surface area (Å²) in [4.78, 5) is 2.80. The number of fused-ring (bicyclic) bond motifs is 3. The second-order valence-electron chi connectivity index (χ2n) is 9.45. The molecule has 0 spiro atoms. The van der Waals surface area contributed by atoms with Gasteiger partial charge in [0.2, 0.25) is 0 Å². The average Bonchev–Trinajstić information content (AvgIpc) is 3.37. The fourth-order valence-corrected chi connectivity index (χ4v) is 5.25. The van der Waals surface area contributed by atoms with Gasteiger partial charge >= 0.3 is 0 Å². The molecule has 3 heterocycles. The number of benzene rings is 1. The van der Waals surface area contributed by atoms with Crippen LogP contribution in [0.25, 0.3) is 10.9 Å². The number of aryl methyl sites for hydroxylation is 1. The molecule has 1 aliphatic carbocycles. The standard InChI is InChI=1S/C23H33N3O/c1-16-3-6-19-12-24-26(23(19)9-16)14-17(2)13-25-20-7-8-21(25)11-22(10-20)27-15-18-4-5-18/h3,6,9,12,17-18,20-22H,4-5,7-8,10-11,13-15H2,1-2H3/t17?,20-,21?,22?/m1/s1. The molecule has 0 amide bonds. The Morgan fingerprint density at radius 2 is 1.89 bits per heavy atom. The Kier molecular flexibility index (Phi) is 4.73. The van der Waals surface area contributed by atoms with Crippen LogP contribution in [0.15, 0.2) is 24.4 Å². The fourth-order valence-electron chi connectivity index (χ4n) is 5.25. The van der Waals surface area contributed by atoms with Crippen molar-refractivity contribution in [1.82, 2.24) is 14.7 Å². The van der Waals surface area contributed by atoms with Crippen LogP contribution >= 0.6 is 0 Å². The lowest BCUT2D eigenvalue weighted by atomic mass is 9.98. The molecule has 146 valence electrons. The Morgan fingerprint density at radius 1 is 1.11 bits per heavy atom. The third-order valence-corrected chi connectivity index (χ3v) is 6.91. The molecule has 2 bridgehead atoms. The highest BCUT2D eigenvalue weighted by molar-refractivity contribution is 5.79. The molecule has 4 heteroatoms. The van der Waals surface area contributed by atoms with Crippen molar-refractivity contribution in [2.75, 3.05) is 13.2 Å². The van der Waals surface area contributed by atoms with Gasteiger partial charge in [-0.25, -0.2) is 0 Å². The minimum Gasteiger partial charge on any atom is -0.378 e. The topological polar surface area (TPSA) is 30.3 Å². The Hall–Kier alpha value is -1.39. The summed E-state index contributed by atoms with van der Waals surface area (Å²) >= 11 is 0. The summed E-state index contributed by atoms with van der Waals surface area (Å²) in [5.74, 6) is 1.49. The summed E-state index contributed by atoms with van der Waals surface area (Å²) in [6.45, 7) is 7.76. The first-order valence-electron chi connectivity index (χ1n) is 10.9. The van der Waals surface area contributed by atoms with E-state index in [4.69, 9.17) is 4.74 Å². The first kappa shape index (κ1) is 17.7. The van der Waals surface area contributed by atoms with E-state index in [0.717, 1.165) is 31.2 Å². The van der Waals surface area contributed by atoms with Crippen molar-refractivity contribution in [2.24, 2.45) is 11.8 Å². The lowest BCUT2D eigenvalue weighted by Crippen LogP contribution is -2.47. The molecule has 1 aromatic carbocycles. The quantitative estimate of drug-likeness (QED) is 0.726. The number of aromatic nitrogens is 2. The van der Waals surface area contributed by atoms with Crippen molar-refractivity contribution in [3.63, 3.8) is 0 Å². The predicted octanol–water partition coefficient (Wildman–Crippen LogP) is 4.40. The van der Waals surface area contributed by atoms with Crippen molar-refractivity contribution in [3.05, 3.63) is 30.0 Å². The molecular formula is C23H33N3O. The van der Waals surface area contributed by atoms with Crippen molar-refractivity contribution in [2.45, 2.75) is 77.1 Å². The monoisotopic (exact) mass is 367 g/mol. The zero-order valence-electron chi connectivity index (χ0n) is 16.8. The predicted molar refractivity (Wildman–Crippen MR) is 109 cm³/mol. The molecule has 2 aromatic rings. The van der Waals surface area contributed by atoms with Crippen LogP contribution in [0, 0.1) is 18.8 Å². The number of ether oxygens (including phenoxy) is 1. The normalized spacial score (nSPS) is 29.5. The van der Waals surface area contributed by atoms with Gasteiger partial charge in [0.15, 0.2) is 0 Å². The smallest absolute Gasteiger partial charge is 0.0685 e. The Balaban J connectivity index is 1.19. The summed E-state index contributed by atoms with van der Waals surface area (Å²) in [7, 11) is 0. The molecule has 3 unspecified atom stereocenters. The number of nitrogens with zero attached hydrogens (tertiary/aromatic N) is 3. The third-order valence-electron chi connectivity index (χ3n) is 6.91. The van der Waals surface area contributed by atoms with Gasteiger partial charge in [-0.3, -0.25) is 9.58 Å². The molecule has 3 aliphatic rings. The summed E-state index contributed by atoms with van der Waals surface area (Å²) in [6, 6.07) is 8.11. The van der Waals surface area contributed by atoms with Crippen molar-refractivity contribution >= 4 is 10.9 Å². The summed E-state index contributed by atoms with van der Waals surface area (Å²) in [5, 5.41) is 5.91. The lowest BCUT2D eigenvalue weighted by Gasteiger charge is -2.40. The summed E-state index contributed by atoms with van der Waals surface area (Å²) in [5.41, 5.74) is 2.58. The van der Waals surface area contributed by atoms with Gasteiger partial charge in [0.05, 0.1) is 17.8 Å². The van der Waals surface area contributed by atoms with E-state index in [2.05, 4.69) is 46.7 Å². The zero-order valence-corrected chi connectivity index (χ0v) is 16.8. The highest BCUT2D eigenvalue weighted by Gasteiger charge is 2.41. The number of piperidine rings is 1. The van der Waals surface area contributed by atoms with E-state index >= 15 is 0 Å². The fraction of sp³-hybridized carbons (Fsp3) is 0.696. The van der Waals surface area contributed by atoms with Gasteiger partial charge in [0, 0.05) is 37.2 Å². The van der Waals surface area contributed by atoms with Gasteiger partial charge in [0.1, 0.15) is 0 Å². The molecule has 4 atom stereocenters. The van der Waals surface area contributed by atoms with Crippen LogP contribution in [0.1, 0.15) is 51.0 Å². The number of hydrogen-bond donors (Lipinski definition) is 0. The van der Waals surface area contributed by atoms with Gasteiger partial charge in [-0.2, -0.15) is 5.10 Å². The van der Waals surface area contributed by atoms with E-state index in [1.807, 2.05) is 6.20 Å². The van der Waals surface area contributed by atoms with Crippen LogP contribution in [-0.4, -0.2) is 46.0 Å². The third kappa shape index (κ3) is 3.79. The Labute approximate surface area is 162 Å². The summed E-state index contributed by atoms with van der Waals surface area (Å²) < 4.78 is 8.45. The molecule has 0 N–H and O–H groups in total. The van der Waals surface area contributed by atoms with Crippen molar-refractivity contribution < 1.29 is 4.74 Å². The zero-order chi connectivity index (χ0) is 18.4. The van der Waals surface area contributed by atoms with Crippen LogP contribution in [0.3, 0.4) is 0 Å². The molecule has 5 rings (SSSR count). The Morgan fingerprint density at radius 3 is 2.63 bits per heavy atom. The molecule has 1 aromatic heterocycles.